The summed E-state index contributed by atoms with van der Waals surface area (Å²) in [6.07, 6.45) is 10.5. The highest BCUT2D eigenvalue weighted by atomic mass is 16.2. The molecule has 0 bridgehead atoms. The van der Waals surface area contributed by atoms with Crippen LogP contribution in [0.2, 0.25) is 0 Å². The van der Waals surface area contributed by atoms with Gasteiger partial charge in [0.15, 0.2) is 0 Å². The number of hydrogen-bond acceptors (Lipinski definition) is 3. The van der Waals surface area contributed by atoms with Crippen molar-refractivity contribution in [2.45, 2.75) is 64.3 Å². The van der Waals surface area contributed by atoms with E-state index in [0.717, 1.165) is 18.4 Å². The summed E-state index contributed by atoms with van der Waals surface area (Å²) in [6.45, 7) is 9.27. The highest BCUT2D eigenvalue weighted by Gasteiger charge is 2.25. The van der Waals surface area contributed by atoms with Crippen LogP contribution in [0.1, 0.15) is 58.3 Å². The zero-order chi connectivity index (χ0) is 14.2. The normalized spacial score (nSPS) is 29.7. The number of likely N-dealkylation sites (tertiary alicyclic amines) is 2. The Morgan fingerprint density at radius 1 is 1.00 bits per heavy atom. The first-order chi connectivity index (χ1) is 9.79. The Bertz CT molecular complexity index is 259. The van der Waals surface area contributed by atoms with E-state index in [1.807, 2.05) is 0 Å². The van der Waals surface area contributed by atoms with Gasteiger partial charge in [-0.25, -0.2) is 0 Å². The van der Waals surface area contributed by atoms with Gasteiger partial charge >= 0.3 is 0 Å². The number of hydrogen-bond donors (Lipinski definition) is 1. The highest BCUT2D eigenvalue weighted by Crippen LogP contribution is 2.23. The van der Waals surface area contributed by atoms with E-state index in [9.17, 15) is 0 Å². The number of piperidine rings is 2. The Kier molecular flexibility index (Phi) is 7.32. The maximum atomic E-state index is 8.83. The Hall–Kier alpha value is -0.120. The molecule has 0 radical (unpaired) electrons. The Balaban J connectivity index is 1.67. The molecule has 118 valence electrons. The van der Waals surface area contributed by atoms with E-state index < -0.39 is 0 Å². The molecule has 2 heterocycles. The Morgan fingerprint density at radius 3 is 2.70 bits per heavy atom. The van der Waals surface area contributed by atoms with Crippen molar-refractivity contribution in [3.05, 3.63) is 0 Å². The summed E-state index contributed by atoms with van der Waals surface area (Å²) >= 11 is 0. The molecule has 1 N–H and O–H groups in total. The van der Waals surface area contributed by atoms with Gasteiger partial charge in [-0.3, -0.25) is 0 Å². The summed E-state index contributed by atoms with van der Waals surface area (Å²) in [4.78, 5) is 5.41. The Labute approximate surface area is 125 Å². The van der Waals surface area contributed by atoms with Crippen LogP contribution in [0, 0.1) is 5.92 Å². The van der Waals surface area contributed by atoms with Crippen LogP contribution in [0.5, 0.6) is 0 Å². The second kappa shape index (κ2) is 9.01. The summed E-state index contributed by atoms with van der Waals surface area (Å²) in [7, 11) is 0. The van der Waals surface area contributed by atoms with E-state index in [1.54, 1.807) is 0 Å². The minimum atomic E-state index is 0.357. The third kappa shape index (κ3) is 5.34. The van der Waals surface area contributed by atoms with Gasteiger partial charge in [0.25, 0.3) is 0 Å². The second-order valence-electron chi connectivity index (χ2n) is 6.93. The van der Waals surface area contributed by atoms with Gasteiger partial charge in [-0.2, -0.15) is 0 Å². The SMILES string of the molecule is C[C@@H]1CCCCN1C[C@H]1CCCN(CCCCCO)C1. The molecule has 2 aliphatic heterocycles. The molecular weight excluding hydrogens is 248 g/mol. The smallest absolute Gasteiger partial charge is 0.0431 e. The van der Waals surface area contributed by atoms with Crippen molar-refractivity contribution in [1.82, 2.24) is 9.80 Å². The monoisotopic (exact) mass is 282 g/mol. The van der Waals surface area contributed by atoms with Crippen molar-refractivity contribution in [2.75, 3.05) is 39.3 Å². The minimum absolute atomic E-state index is 0.357. The van der Waals surface area contributed by atoms with Gasteiger partial charge in [-0.1, -0.05) is 6.42 Å². The van der Waals surface area contributed by atoms with Crippen molar-refractivity contribution in [1.29, 1.82) is 0 Å². The van der Waals surface area contributed by atoms with Crippen LogP contribution in [0.3, 0.4) is 0 Å². The van der Waals surface area contributed by atoms with Gasteiger partial charge in [-0.05, 0) is 77.4 Å². The van der Waals surface area contributed by atoms with Gasteiger partial charge in [0.2, 0.25) is 0 Å². The fourth-order valence-electron chi connectivity index (χ4n) is 3.89. The molecule has 3 heteroatoms. The third-order valence-electron chi connectivity index (χ3n) is 5.17. The van der Waals surface area contributed by atoms with Crippen molar-refractivity contribution in [2.24, 2.45) is 5.92 Å². The first-order valence-electron chi connectivity index (χ1n) is 8.87. The van der Waals surface area contributed by atoms with Crippen LogP contribution in [-0.2, 0) is 0 Å². The molecule has 2 rings (SSSR count). The van der Waals surface area contributed by atoms with Gasteiger partial charge in [0.1, 0.15) is 0 Å². The van der Waals surface area contributed by atoms with Gasteiger partial charge in [0.05, 0.1) is 0 Å². The van der Waals surface area contributed by atoms with Crippen molar-refractivity contribution < 1.29 is 5.11 Å². The molecule has 0 spiro atoms. The van der Waals surface area contributed by atoms with Crippen LogP contribution in [-0.4, -0.2) is 60.3 Å². The predicted molar refractivity (Wildman–Crippen MR) is 85.0 cm³/mol. The van der Waals surface area contributed by atoms with Crippen molar-refractivity contribution in [3.63, 3.8) is 0 Å². The summed E-state index contributed by atoms with van der Waals surface area (Å²) in [5.74, 6) is 0.891. The van der Waals surface area contributed by atoms with Crippen LogP contribution in [0.15, 0.2) is 0 Å². The number of nitrogens with zero attached hydrogens (tertiary/aromatic N) is 2. The number of unbranched alkanes of at least 4 members (excludes halogenated alkanes) is 2. The lowest BCUT2D eigenvalue weighted by atomic mass is 9.94. The molecular formula is C17H34N2O. The molecule has 0 unspecified atom stereocenters. The summed E-state index contributed by atoms with van der Waals surface area (Å²) in [6, 6.07) is 0.809. The maximum absolute atomic E-state index is 8.83. The molecule has 0 aromatic carbocycles. The molecule has 0 saturated carbocycles. The van der Waals surface area contributed by atoms with Gasteiger partial charge in [0, 0.05) is 25.7 Å². The lowest BCUT2D eigenvalue weighted by Crippen LogP contribution is -2.45. The fourth-order valence-corrected chi connectivity index (χ4v) is 3.89. The van der Waals surface area contributed by atoms with Crippen LogP contribution in [0.4, 0.5) is 0 Å². The van der Waals surface area contributed by atoms with Crippen molar-refractivity contribution >= 4 is 0 Å². The van der Waals surface area contributed by atoms with Crippen LogP contribution >= 0.6 is 0 Å². The molecule has 2 saturated heterocycles. The van der Waals surface area contributed by atoms with Crippen molar-refractivity contribution in [3.8, 4) is 0 Å². The molecule has 0 aromatic heterocycles. The first-order valence-corrected chi connectivity index (χ1v) is 8.87. The average molecular weight is 282 g/mol. The molecule has 0 amide bonds. The second-order valence-corrected chi connectivity index (χ2v) is 6.93. The van der Waals surface area contributed by atoms with Crippen LogP contribution in [0.25, 0.3) is 0 Å². The van der Waals surface area contributed by atoms with Crippen LogP contribution < -0.4 is 0 Å². The maximum Gasteiger partial charge on any atom is 0.0431 e. The van der Waals surface area contributed by atoms with E-state index in [4.69, 9.17) is 5.11 Å². The average Bonchev–Trinajstić information content (AvgIpc) is 2.47. The van der Waals surface area contributed by atoms with E-state index >= 15 is 0 Å². The van der Waals surface area contributed by atoms with Gasteiger partial charge in [-0.15, -0.1) is 0 Å². The van der Waals surface area contributed by atoms with E-state index in [0.29, 0.717) is 6.61 Å². The number of rotatable bonds is 7. The predicted octanol–water partition coefficient (Wildman–Crippen LogP) is 2.74. The topological polar surface area (TPSA) is 26.7 Å². The minimum Gasteiger partial charge on any atom is -0.396 e. The zero-order valence-electron chi connectivity index (χ0n) is 13.4. The molecule has 2 aliphatic rings. The quantitative estimate of drug-likeness (QED) is 0.727. The largest absolute Gasteiger partial charge is 0.396 e. The van der Waals surface area contributed by atoms with E-state index in [2.05, 4.69) is 16.7 Å². The molecule has 2 atom stereocenters. The molecule has 3 nitrogen and oxygen atoms in total. The Morgan fingerprint density at radius 2 is 1.90 bits per heavy atom. The molecule has 0 aliphatic carbocycles. The summed E-state index contributed by atoms with van der Waals surface area (Å²) < 4.78 is 0. The fraction of sp³-hybridized carbons (Fsp3) is 1.00. The lowest BCUT2D eigenvalue weighted by molar-refractivity contribution is 0.0931. The van der Waals surface area contributed by atoms with E-state index in [-0.39, 0.29) is 0 Å². The zero-order valence-corrected chi connectivity index (χ0v) is 13.4. The van der Waals surface area contributed by atoms with Gasteiger partial charge < -0.3 is 14.9 Å². The first kappa shape index (κ1) is 16.3. The highest BCUT2D eigenvalue weighted by molar-refractivity contribution is 4.80. The molecule has 2 fully saturated rings. The van der Waals surface area contributed by atoms with E-state index in [1.165, 1.54) is 77.7 Å². The summed E-state index contributed by atoms with van der Waals surface area (Å²) in [5, 5.41) is 8.83. The lowest BCUT2D eigenvalue weighted by Gasteiger charge is -2.39. The number of aliphatic hydroxyl groups excluding tert-OH is 1. The third-order valence-corrected chi connectivity index (χ3v) is 5.17. The number of aliphatic hydroxyl groups is 1. The molecule has 0 aromatic rings. The summed E-state index contributed by atoms with van der Waals surface area (Å²) in [5.41, 5.74) is 0. The molecule has 20 heavy (non-hydrogen) atoms. The standard InChI is InChI=1S/C17H34N2O/c1-16-8-3-5-12-19(16)15-17-9-7-11-18(14-17)10-4-2-6-13-20/h16-17,20H,2-15H2,1H3/t16-,17+/m1/s1.